The zero-order chi connectivity index (χ0) is 29.0. The number of carbonyl (C=O) groups is 2. The molecule has 2 aliphatic rings. The van der Waals surface area contributed by atoms with E-state index in [0.717, 1.165) is 61.0 Å². The summed E-state index contributed by atoms with van der Waals surface area (Å²) in [7, 11) is 0. The van der Waals surface area contributed by atoms with E-state index in [4.69, 9.17) is 14.7 Å². The molecule has 2 aromatic carbocycles. The maximum absolute atomic E-state index is 12.2. The SMILES string of the molecule is O=C(CCCCCCC(=O)NCc1ccc(C2OC(CN3CCC(O)C3)CC(c3ccc(CO)cc3)O2)cc1)NO. The van der Waals surface area contributed by atoms with Crippen molar-refractivity contribution in [2.24, 2.45) is 0 Å². The van der Waals surface area contributed by atoms with Crippen molar-refractivity contribution >= 4 is 11.8 Å². The van der Waals surface area contributed by atoms with Crippen LogP contribution in [0, 0.1) is 0 Å². The Hall–Kier alpha value is -2.86. The molecule has 0 aliphatic carbocycles. The Morgan fingerprint density at radius 3 is 2.17 bits per heavy atom. The average molecular weight is 570 g/mol. The minimum Gasteiger partial charge on any atom is -0.392 e. The molecule has 4 unspecified atom stereocenters. The normalized spacial score (nSPS) is 22.9. The van der Waals surface area contributed by atoms with Crippen molar-refractivity contribution in [3.63, 3.8) is 0 Å². The molecule has 2 fully saturated rings. The molecule has 0 radical (unpaired) electrons. The number of hydrogen-bond donors (Lipinski definition) is 5. The van der Waals surface area contributed by atoms with Gasteiger partial charge in [-0.25, -0.2) is 5.48 Å². The molecule has 10 nitrogen and oxygen atoms in total. The van der Waals surface area contributed by atoms with E-state index in [1.807, 2.05) is 48.5 Å². The number of likely N-dealkylation sites (tertiary alicyclic amines) is 1. The van der Waals surface area contributed by atoms with Gasteiger partial charge in [-0.15, -0.1) is 0 Å². The molecule has 2 amide bonds. The standard InChI is InChI=1S/C31H43N3O7/c35-21-23-9-11-24(12-10-23)28-17-27(20-34-16-15-26(36)19-34)40-31(41-28)25-13-7-22(8-14-25)18-32-29(37)5-3-1-2-4-6-30(38)33-39/h7-14,26-28,31,35-36,39H,1-6,15-21H2,(H,32,37)(H,33,38). The Labute approximate surface area is 241 Å². The molecule has 0 bridgehead atoms. The minimum absolute atomic E-state index is 0.00233. The van der Waals surface area contributed by atoms with E-state index in [0.29, 0.717) is 32.4 Å². The van der Waals surface area contributed by atoms with Crippen LogP contribution in [0.1, 0.15) is 86.0 Å². The molecule has 0 spiro atoms. The Morgan fingerprint density at radius 2 is 1.54 bits per heavy atom. The zero-order valence-corrected chi connectivity index (χ0v) is 23.5. The van der Waals surface area contributed by atoms with Crippen molar-refractivity contribution in [1.82, 2.24) is 15.7 Å². The van der Waals surface area contributed by atoms with Crippen molar-refractivity contribution in [2.45, 2.75) is 89.1 Å². The van der Waals surface area contributed by atoms with E-state index in [9.17, 15) is 19.8 Å². The van der Waals surface area contributed by atoms with Gasteiger partial charge in [0.1, 0.15) is 0 Å². The highest BCUT2D eigenvalue weighted by atomic mass is 16.7. The number of nitrogens with one attached hydrogen (secondary N) is 2. The highest BCUT2D eigenvalue weighted by Crippen LogP contribution is 2.38. The van der Waals surface area contributed by atoms with Gasteiger partial charge >= 0.3 is 0 Å². The van der Waals surface area contributed by atoms with Crippen molar-refractivity contribution in [3.8, 4) is 0 Å². The Bertz CT molecular complexity index is 1100. The van der Waals surface area contributed by atoms with E-state index >= 15 is 0 Å². The number of β-amino-alcohol motifs (C(OH)–C–C–N with tert-alkyl or cyclic N) is 1. The van der Waals surface area contributed by atoms with E-state index in [2.05, 4.69) is 10.2 Å². The third-order valence-electron chi connectivity index (χ3n) is 7.75. The first-order valence-corrected chi connectivity index (χ1v) is 14.6. The van der Waals surface area contributed by atoms with Crippen LogP contribution in [0.4, 0.5) is 0 Å². The monoisotopic (exact) mass is 569 g/mol. The zero-order valence-electron chi connectivity index (χ0n) is 23.5. The highest BCUT2D eigenvalue weighted by Gasteiger charge is 2.34. The van der Waals surface area contributed by atoms with Crippen LogP contribution >= 0.6 is 0 Å². The highest BCUT2D eigenvalue weighted by molar-refractivity contribution is 5.75. The lowest BCUT2D eigenvalue weighted by Crippen LogP contribution is -2.38. The number of benzene rings is 2. The van der Waals surface area contributed by atoms with Crippen LogP contribution in [0.2, 0.25) is 0 Å². The molecule has 5 N–H and O–H groups in total. The smallest absolute Gasteiger partial charge is 0.243 e. The molecule has 10 heteroatoms. The van der Waals surface area contributed by atoms with Gasteiger partial charge in [0.05, 0.1) is 24.9 Å². The fourth-order valence-electron chi connectivity index (χ4n) is 5.36. The van der Waals surface area contributed by atoms with Gasteiger partial charge in [0.2, 0.25) is 11.8 Å². The predicted octanol–water partition coefficient (Wildman–Crippen LogP) is 3.25. The fraction of sp³-hybridized carbons (Fsp3) is 0.548. The summed E-state index contributed by atoms with van der Waals surface area (Å²) < 4.78 is 12.8. The lowest BCUT2D eigenvalue weighted by molar-refractivity contribution is -0.252. The molecule has 2 aromatic rings. The second-order valence-electron chi connectivity index (χ2n) is 11.0. The third-order valence-corrected chi connectivity index (χ3v) is 7.75. The molecule has 0 saturated carbocycles. The number of nitrogens with zero attached hydrogens (tertiary/aromatic N) is 1. The van der Waals surface area contributed by atoms with Crippen LogP contribution in [0.15, 0.2) is 48.5 Å². The summed E-state index contributed by atoms with van der Waals surface area (Å²) in [5.74, 6) is -0.391. The van der Waals surface area contributed by atoms with Crippen LogP contribution in [0.25, 0.3) is 0 Å². The number of amides is 2. The molecule has 2 saturated heterocycles. The summed E-state index contributed by atoms with van der Waals surface area (Å²) >= 11 is 0. The largest absolute Gasteiger partial charge is 0.392 e. The lowest BCUT2D eigenvalue weighted by atomic mass is 9.99. The fourth-order valence-corrected chi connectivity index (χ4v) is 5.36. The van der Waals surface area contributed by atoms with Gasteiger partial charge in [0.15, 0.2) is 6.29 Å². The summed E-state index contributed by atoms with van der Waals surface area (Å²) in [5.41, 5.74) is 5.40. The quantitative estimate of drug-likeness (QED) is 0.133. The number of aliphatic hydroxyl groups is 2. The van der Waals surface area contributed by atoms with E-state index in [1.165, 1.54) is 0 Å². The van der Waals surface area contributed by atoms with Crippen molar-refractivity contribution in [2.75, 3.05) is 19.6 Å². The van der Waals surface area contributed by atoms with Crippen molar-refractivity contribution in [1.29, 1.82) is 0 Å². The molecule has 41 heavy (non-hydrogen) atoms. The summed E-state index contributed by atoms with van der Waals surface area (Å²) in [6.07, 6.45) is 4.28. The number of hydroxylamine groups is 1. The Balaban J connectivity index is 1.29. The maximum Gasteiger partial charge on any atom is 0.243 e. The molecule has 4 rings (SSSR count). The number of aliphatic hydroxyl groups excluding tert-OH is 2. The van der Waals surface area contributed by atoms with Gasteiger partial charge in [-0.2, -0.15) is 0 Å². The number of unbranched alkanes of at least 4 members (excludes halogenated alkanes) is 3. The lowest BCUT2D eigenvalue weighted by Gasteiger charge is -2.37. The van der Waals surface area contributed by atoms with Crippen LogP contribution < -0.4 is 10.8 Å². The van der Waals surface area contributed by atoms with Gasteiger partial charge in [0, 0.05) is 51.0 Å². The van der Waals surface area contributed by atoms with Crippen LogP contribution in [-0.4, -0.2) is 64.0 Å². The first kappa shape index (κ1) is 31.1. The van der Waals surface area contributed by atoms with Gasteiger partial charge in [-0.05, 0) is 36.0 Å². The number of carbonyl (C=O) groups excluding carboxylic acids is 2. The van der Waals surface area contributed by atoms with Gasteiger partial charge < -0.3 is 25.0 Å². The maximum atomic E-state index is 12.2. The van der Waals surface area contributed by atoms with Crippen LogP contribution in [-0.2, 0) is 32.2 Å². The molecule has 0 aromatic heterocycles. The summed E-state index contributed by atoms with van der Waals surface area (Å²) in [6, 6.07) is 15.7. The first-order chi connectivity index (χ1) is 19.9. The predicted molar refractivity (Wildman–Crippen MR) is 151 cm³/mol. The van der Waals surface area contributed by atoms with E-state index in [1.54, 1.807) is 5.48 Å². The molecule has 4 atom stereocenters. The Kier molecular flexibility index (Phi) is 12.1. The molecular formula is C31H43N3O7. The molecular weight excluding hydrogens is 526 g/mol. The Morgan fingerprint density at radius 1 is 0.878 bits per heavy atom. The van der Waals surface area contributed by atoms with Gasteiger partial charge in [0.25, 0.3) is 0 Å². The van der Waals surface area contributed by atoms with Crippen molar-refractivity contribution in [3.05, 3.63) is 70.8 Å². The van der Waals surface area contributed by atoms with Gasteiger partial charge in [-0.3, -0.25) is 19.7 Å². The van der Waals surface area contributed by atoms with Gasteiger partial charge in [-0.1, -0.05) is 61.4 Å². The summed E-state index contributed by atoms with van der Waals surface area (Å²) in [6.45, 7) is 2.67. The molecule has 2 aliphatic heterocycles. The second-order valence-corrected chi connectivity index (χ2v) is 11.0. The number of hydrogen-bond acceptors (Lipinski definition) is 8. The average Bonchev–Trinajstić information content (AvgIpc) is 3.41. The minimum atomic E-state index is -0.545. The second kappa shape index (κ2) is 16.0. The first-order valence-electron chi connectivity index (χ1n) is 14.6. The summed E-state index contributed by atoms with van der Waals surface area (Å²) in [5, 5.41) is 30.8. The third kappa shape index (κ3) is 9.88. The van der Waals surface area contributed by atoms with E-state index < -0.39 is 6.29 Å². The number of ether oxygens (including phenoxy) is 2. The summed E-state index contributed by atoms with van der Waals surface area (Å²) in [4.78, 5) is 25.5. The van der Waals surface area contributed by atoms with Crippen LogP contribution in [0.5, 0.6) is 0 Å². The molecule has 2 heterocycles. The molecule has 224 valence electrons. The number of rotatable bonds is 14. The van der Waals surface area contributed by atoms with E-state index in [-0.39, 0.29) is 43.2 Å². The topological polar surface area (TPSA) is 141 Å². The van der Waals surface area contributed by atoms with Crippen molar-refractivity contribution < 1.29 is 34.5 Å². The van der Waals surface area contributed by atoms with Crippen LogP contribution in [0.3, 0.4) is 0 Å².